The van der Waals surface area contributed by atoms with Crippen molar-refractivity contribution in [2.45, 2.75) is 82.2 Å². The molecule has 2 saturated heterocycles. The van der Waals surface area contributed by atoms with Crippen molar-refractivity contribution in [1.82, 2.24) is 10.6 Å². The first kappa shape index (κ1) is 25.9. The van der Waals surface area contributed by atoms with Gasteiger partial charge in [0.1, 0.15) is 30.9 Å². The Labute approximate surface area is 187 Å². The van der Waals surface area contributed by atoms with E-state index in [9.17, 15) is 14.4 Å². The Morgan fingerprint density at radius 3 is 2.45 bits per heavy atom. The molecule has 0 spiro atoms. The summed E-state index contributed by atoms with van der Waals surface area (Å²) in [7, 11) is 2.78. The number of amides is 2. The zero-order chi connectivity index (χ0) is 23.2. The van der Waals surface area contributed by atoms with E-state index in [2.05, 4.69) is 22.3 Å². The largest absolute Gasteiger partial charge is 0.468 e. The quantitative estimate of drug-likeness (QED) is 0.425. The van der Waals surface area contributed by atoms with Crippen molar-refractivity contribution in [3.05, 3.63) is 0 Å². The van der Waals surface area contributed by atoms with Gasteiger partial charge in [-0.05, 0) is 32.9 Å². The van der Waals surface area contributed by atoms with E-state index in [0.29, 0.717) is 0 Å². The molecule has 2 aliphatic rings. The number of carbonyl (C=O) groups is 3. The second-order valence-corrected chi connectivity index (χ2v) is 9.31. The number of hydrogen-bond acceptors (Lipinski definition) is 9. The Bertz CT molecular complexity index is 647. The van der Waals surface area contributed by atoms with Crippen molar-refractivity contribution < 1.29 is 38.1 Å². The number of methoxy groups -OCH3 is 2. The van der Waals surface area contributed by atoms with E-state index < -0.39 is 36.1 Å². The van der Waals surface area contributed by atoms with Crippen LogP contribution in [-0.2, 0) is 38.1 Å². The van der Waals surface area contributed by atoms with Crippen molar-refractivity contribution in [3.63, 3.8) is 0 Å². The molecule has 0 aromatic heterocycles. The van der Waals surface area contributed by atoms with Crippen LogP contribution in [-0.4, -0.2) is 86.0 Å². The van der Waals surface area contributed by atoms with Crippen molar-refractivity contribution >= 4 is 29.5 Å². The predicted molar refractivity (Wildman–Crippen MR) is 113 cm³/mol. The number of esters is 1. The summed E-state index contributed by atoms with van der Waals surface area (Å²) in [5.41, 5.74) is 0. The van der Waals surface area contributed by atoms with Crippen LogP contribution in [0.1, 0.15) is 40.5 Å². The molecule has 0 aromatic carbocycles. The average molecular weight is 463 g/mol. The third kappa shape index (κ3) is 7.04. The minimum Gasteiger partial charge on any atom is -0.468 e. The first-order valence-electron chi connectivity index (χ1n) is 10.4. The van der Waals surface area contributed by atoms with Crippen molar-refractivity contribution in [1.29, 1.82) is 0 Å². The van der Waals surface area contributed by atoms with E-state index >= 15 is 0 Å². The second kappa shape index (κ2) is 11.5. The zero-order valence-electron chi connectivity index (χ0n) is 19.0. The maximum absolute atomic E-state index is 12.7. The van der Waals surface area contributed by atoms with Crippen molar-refractivity contribution in [3.8, 4) is 0 Å². The van der Waals surface area contributed by atoms with Crippen LogP contribution in [0.15, 0.2) is 0 Å². The average Bonchev–Trinajstić information content (AvgIpc) is 3.21. The summed E-state index contributed by atoms with van der Waals surface area (Å²) in [6.07, 6.45) is -0.640. The number of rotatable bonds is 11. The highest BCUT2D eigenvalue weighted by atomic mass is 32.2. The van der Waals surface area contributed by atoms with Crippen LogP contribution in [0.2, 0.25) is 0 Å². The Morgan fingerprint density at radius 1 is 1.16 bits per heavy atom. The van der Waals surface area contributed by atoms with Gasteiger partial charge in [0.25, 0.3) is 0 Å². The van der Waals surface area contributed by atoms with Crippen LogP contribution in [0.25, 0.3) is 0 Å². The fraction of sp³-hybridized carbons (Fsp3) is 0.850. The summed E-state index contributed by atoms with van der Waals surface area (Å²) in [4.78, 5) is 36.0. The van der Waals surface area contributed by atoms with Crippen LogP contribution < -0.4 is 10.6 Å². The molecule has 178 valence electrons. The van der Waals surface area contributed by atoms with E-state index in [0.717, 1.165) is 12.2 Å². The molecule has 11 heteroatoms. The predicted octanol–water partition coefficient (Wildman–Crippen LogP) is 0.574. The molecule has 1 unspecified atom stereocenters. The monoisotopic (exact) mass is 462 g/mol. The minimum absolute atomic E-state index is 0.132. The van der Waals surface area contributed by atoms with Gasteiger partial charge in [-0.1, -0.05) is 6.92 Å². The highest BCUT2D eigenvalue weighted by molar-refractivity contribution is 7.99. The van der Waals surface area contributed by atoms with Crippen LogP contribution in [0, 0.1) is 0 Å². The highest BCUT2D eigenvalue weighted by Crippen LogP contribution is 2.42. The lowest BCUT2D eigenvalue weighted by Crippen LogP contribution is -2.47. The van der Waals surface area contributed by atoms with Crippen LogP contribution in [0.5, 0.6) is 0 Å². The molecular formula is C20H34N2O8S. The molecule has 0 radical (unpaired) electrons. The molecule has 2 N–H and O–H groups in total. The Morgan fingerprint density at radius 2 is 1.84 bits per heavy atom. The maximum atomic E-state index is 12.7. The Balaban J connectivity index is 2.00. The molecule has 0 aliphatic carbocycles. The van der Waals surface area contributed by atoms with Crippen molar-refractivity contribution in [2.75, 3.05) is 26.5 Å². The van der Waals surface area contributed by atoms with Gasteiger partial charge < -0.3 is 34.3 Å². The molecule has 2 fully saturated rings. The van der Waals surface area contributed by atoms with Crippen LogP contribution in [0.3, 0.4) is 0 Å². The molecule has 10 nitrogen and oxygen atoms in total. The fourth-order valence-corrected chi connectivity index (χ4v) is 4.77. The van der Waals surface area contributed by atoms with E-state index in [4.69, 9.17) is 18.9 Å². The van der Waals surface area contributed by atoms with Gasteiger partial charge in [0.2, 0.25) is 11.8 Å². The number of hydrogen-bond donors (Lipinski definition) is 2. The molecule has 2 amide bonds. The second-order valence-electron chi connectivity index (χ2n) is 7.97. The van der Waals surface area contributed by atoms with Gasteiger partial charge in [0.15, 0.2) is 12.1 Å². The summed E-state index contributed by atoms with van der Waals surface area (Å²) in [5.74, 6) is -1.25. The third-order valence-electron chi connectivity index (χ3n) is 4.97. The van der Waals surface area contributed by atoms with Gasteiger partial charge in [-0.15, -0.1) is 0 Å². The summed E-state index contributed by atoms with van der Waals surface area (Å²) >= 11 is 1.62. The van der Waals surface area contributed by atoms with E-state index in [-0.39, 0.29) is 36.3 Å². The lowest BCUT2D eigenvalue weighted by Gasteiger charge is -2.28. The molecule has 0 bridgehead atoms. The Kier molecular flexibility index (Phi) is 9.56. The standard InChI is InChI=1S/C20H34N2O8S/c1-7-8-31-12(9-13(23)22-11(2)18(25)21-10-14(24)26-5)15-16-17(19(27-6)28-15)30-20(3,4)29-16/h11-12,15-17,19H,7-10H2,1-6H3,(H,21,25)(H,22,23)/t11-,12?,15+,16+,17+,19+/m0/s1. The molecule has 2 heterocycles. The lowest BCUT2D eigenvalue weighted by atomic mass is 10.1. The van der Waals surface area contributed by atoms with Gasteiger partial charge in [0, 0.05) is 18.8 Å². The number of thioether (sulfide) groups is 1. The molecule has 2 aliphatic heterocycles. The lowest BCUT2D eigenvalue weighted by molar-refractivity contribution is -0.226. The van der Waals surface area contributed by atoms with Gasteiger partial charge in [-0.25, -0.2) is 0 Å². The summed E-state index contributed by atoms with van der Waals surface area (Å²) in [6, 6.07) is -0.803. The number of ether oxygens (including phenoxy) is 5. The number of nitrogens with one attached hydrogen (secondary N) is 2. The number of carbonyl (C=O) groups excluding carboxylic acids is 3. The van der Waals surface area contributed by atoms with Crippen LogP contribution in [0.4, 0.5) is 0 Å². The topological polar surface area (TPSA) is 121 Å². The van der Waals surface area contributed by atoms with Gasteiger partial charge in [-0.3, -0.25) is 14.4 Å². The normalized spacial score (nSPS) is 28.5. The molecule has 31 heavy (non-hydrogen) atoms. The summed E-state index contributed by atoms with van der Waals surface area (Å²) in [6.45, 7) is 7.04. The van der Waals surface area contributed by atoms with Gasteiger partial charge in [0.05, 0.1) is 7.11 Å². The SMILES string of the molecule is CCCSC(CC(=O)N[C@@H](C)C(=O)NCC(=O)OC)[C@H]1O[C@@H](OC)[C@@H]2OC(C)(C)O[C@@H]21. The van der Waals surface area contributed by atoms with Gasteiger partial charge >= 0.3 is 5.97 Å². The first-order valence-corrected chi connectivity index (χ1v) is 11.5. The number of fused-ring (bicyclic) bond motifs is 1. The van der Waals surface area contributed by atoms with E-state index in [1.807, 2.05) is 13.8 Å². The molecule has 0 saturated carbocycles. The van der Waals surface area contributed by atoms with Crippen LogP contribution >= 0.6 is 11.8 Å². The van der Waals surface area contributed by atoms with Crippen molar-refractivity contribution in [2.24, 2.45) is 0 Å². The zero-order valence-corrected chi connectivity index (χ0v) is 19.8. The first-order chi connectivity index (χ1) is 14.6. The molecular weight excluding hydrogens is 428 g/mol. The summed E-state index contributed by atoms with van der Waals surface area (Å²) < 4.78 is 28.0. The third-order valence-corrected chi connectivity index (χ3v) is 6.48. The highest BCUT2D eigenvalue weighted by Gasteiger charge is 2.57. The van der Waals surface area contributed by atoms with Gasteiger partial charge in [-0.2, -0.15) is 11.8 Å². The fourth-order valence-electron chi connectivity index (χ4n) is 3.55. The minimum atomic E-state index is -0.803. The smallest absolute Gasteiger partial charge is 0.325 e. The molecule has 0 aromatic rings. The molecule has 2 rings (SSSR count). The Hall–Kier alpha value is -1.40. The maximum Gasteiger partial charge on any atom is 0.325 e. The molecule has 6 atom stereocenters. The van der Waals surface area contributed by atoms with E-state index in [1.165, 1.54) is 7.11 Å². The van der Waals surface area contributed by atoms with E-state index in [1.54, 1.807) is 25.8 Å². The summed E-state index contributed by atoms with van der Waals surface area (Å²) in [5, 5.41) is 4.89.